The third-order valence-corrected chi connectivity index (χ3v) is 3.99. The molecule has 2 atom stereocenters. The molecule has 3 rings (SSSR count). The highest BCUT2D eigenvalue weighted by Gasteiger charge is 2.34. The lowest BCUT2D eigenvalue weighted by molar-refractivity contribution is -0.131. The van der Waals surface area contributed by atoms with Crippen LogP contribution in [0.1, 0.15) is 12.1 Å². The first-order valence-electron chi connectivity index (χ1n) is 7.19. The third kappa shape index (κ3) is 2.76. The molecule has 0 saturated carbocycles. The number of para-hydroxylation sites is 1. The molecule has 1 amide bonds. The Morgan fingerprint density at radius 1 is 1.52 bits per heavy atom. The largest absolute Gasteiger partial charge is 0.335 e. The van der Waals surface area contributed by atoms with Crippen molar-refractivity contribution in [2.24, 2.45) is 0 Å². The summed E-state index contributed by atoms with van der Waals surface area (Å²) in [5.41, 5.74) is 1.64. The molecular formula is C15H19FN4O. The number of H-pyrrole nitrogens is 1. The number of nitrogens with zero attached hydrogens (tertiary/aromatic N) is 2. The van der Waals surface area contributed by atoms with Gasteiger partial charge in [0, 0.05) is 24.4 Å². The monoisotopic (exact) mass is 290 g/mol. The number of likely N-dealkylation sites (N-methyl/N-ethyl adjacent to an activating group) is 1. The molecule has 21 heavy (non-hydrogen) atoms. The summed E-state index contributed by atoms with van der Waals surface area (Å²) in [5.74, 6) is -0.0511. The van der Waals surface area contributed by atoms with Crippen molar-refractivity contribution in [2.45, 2.75) is 25.1 Å². The van der Waals surface area contributed by atoms with Crippen molar-refractivity contribution >= 4 is 16.8 Å². The first-order chi connectivity index (χ1) is 10.2. The first-order valence-corrected chi connectivity index (χ1v) is 7.19. The Labute approximate surface area is 122 Å². The van der Waals surface area contributed by atoms with Crippen molar-refractivity contribution in [3.63, 3.8) is 0 Å². The van der Waals surface area contributed by atoms with Gasteiger partial charge in [-0.1, -0.05) is 18.2 Å². The number of likely N-dealkylation sites (tertiary alicyclic amines) is 1. The van der Waals surface area contributed by atoms with Crippen LogP contribution in [0.2, 0.25) is 0 Å². The highest BCUT2D eigenvalue weighted by atomic mass is 19.1. The Hall–Kier alpha value is -1.95. The van der Waals surface area contributed by atoms with Gasteiger partial charge in [-0.3, -0.25) is 9.89 Å². The molecule has 2 N–H and O–H groups in total. The van der Waals surface area contributed by atoms with Gasteiger partial charge in [-0.15, -0.1) is 0 Å². The number of carbonyl (C=O) groups excluding carboxylic acids is 1. The minimum absolute atomic E-state index is 0.0511. The lowest BCUT2D eigenvalue weighted by Crippen LogP contribution is -2.41. The second-order valence-corrected chi connectivity index (χ2v) is 5.49. The van der Waals surface area contributed by atoms with Crippen LogP contribution < -0.4 is 5.32 Å². The summed E-state index contributed by atoms with van der Waals surface area (Å²) in [6.07, 6.45) is -0.283. The molecule has 1 saturated heterocycles. The van der Waals surface area contributed by atoms with Crippen LogP contribution in [0.4, 0.5) is 4.39 Å². The molecular weight excluding hydrogens is 271 g/mol. The lowest BCUT2D eigenvalue weighted by atomic mass is 10.1. The van der Waals surface area contributed by atoms with Gasteiger partial charge in [0.2, 0.25) is 5.91 Å². The number of aromatic amines is 1. The van der Waals surface area contributed by atoms with E-state index in [1.54, 1.807) is 4.90 Å². The Bertz CT molecular complexity index is 641. The van der Waals surface area contributed by atoms with Crippen molar-refractivity contribution in [2.75, 3.05) is 20.1 Å². The van der Waals surface area contributed by atoms with Gasteiger partial charge in [0.15, 0.2) is 0 Å². The predicted molar refractivity (Wildman–Crippen MR) is 78.7 cm³/mol. The van der Waals surface area contributed by atoms with E-state index in [0.29, 0.717) is 13.0 Å². The van der Waals surface area contributed by atoms with Gasteiger partial charge < -0.3 is 10.2 Å². The summed E-state index contributed by atoms with van der Waals surface area (Å²) >= 11 is 0. The third-order valence-electron chi connectivity index (χ3n) is 3.99. The molecule has 0 bridgehead atoms. The standard InChI is InChI=1S/C15H19FN4O/c1-17-8-11-6-10(16)9-20(11)15(21)7-14-12-4-2-3-5-13(12)18-19-14/h2-5,10-11,17H,6-9H2,1H3,(H,18,19)/t10-,11-/m0/s1. The highest BCUT2D eigenvalue weighted by Crippen LogP contribution is 2.22. The minimum Gasteiger partial charge on any atom is -0.335 e. The number of fused-ring (bicyclic) bond motifs is 1. The van der Waals surface area contributed by atoms with E-state index >= 15 is 0 Å². The highest BCUT2D eigenvalue weighted by molar-refractivity contribution is 5.87. The molecule has 0 aliphatic carbocycles. The van der Waals surface area contributed by atoms with Crippen LogP contribution in [0.5, 0.6) is 0 Å². The van der Waals surface area contributed by atoms with Crippen LogP contribution in [-0.2, 0) is 11.2 Å². The van der Waals surface area contributed by atoms with E-state index in [1.165, 1.54) is 0 Å². The fourth-order valence-electron chi connectivity index (χ4n) is 3.00. The summed E-state index contributed by atoms with van der Waals surface area (Å²) in [6.45, 7) is 0.813. The molecule has 0 spiro atoms. The van der Waals surface area contributed by atoms with Crippen LogP contribution in [0.15, 0.2) is 24.3 Å². The van der Waals surface area contributed by atoms with E-state index in [2.05, 4.69) is 15.5 Å². The van der Waals surface area contributed by atoms with Crippen LogP contribution in [0, 0.1) is 0 Å². The predicted octanol–water partition coefficient (Wildman–Crippen LogP) is 1.26. The Kier molecular flexibility index (Phi) is 3.88. The quantitative estimate of drug-likeness (QED) is 0.891. The fourth-order valence-corrected chi connectivity index (χ4v) is 3.00. The van der Waals surface area contributed by atoms with Crippen molar-refractivity contribution < 1.29 is 9.18 Å². The number of alkyl halides is 1. The second-order valence-electron chi connectivity index (χ2n) is 5.49. The number of nitrogens with one attached hydrogen (secondary N) is 2. The maximum Gasteiger partial charge on any atom is 0.228 e. The zero-order valence-corrected chi connectivity index (χ0v) is 12.0. The van der Waals surface area contributed by atoms with Gasteiger partial charge in [-0.05, 0) is 13.1 Å². The fraction of sp³-hybridized carbons (Fsp3) is 0.467. The number of carbonyl (C=O) groups is 1. The maximum atomic E-state index is 13.6. The van der Waals surface area contributed by atoms with Gasteiger partial charge in [0.25, 0.3) is 0 Å². The van der Waals surface area contributed by atoms with Crippen LogP contribution in [-0.4, -0.2) is 53.4 Å². The number of amides is 1. The smallest absolute Gasteiger partial charge is 0.228 e. The summed E-state index contributed by atoms with van der Waals surface area (Å²) < 4.78 is 13.6. The van der Waals surface area contributed by atoms with Gasteiger partial charge in [-0.25, -0.2) is 4.39 Å². The first kappa shape index (κ1) is 14.0. The average molecular weight is 290 g/mol. The number of rotatable bonds is 4. The SMILES string of the molecule is CNC[C@@H]1C[C@H](F)CN1C(=O)Cc1[nH]nc2ccccc12. The molecule has 5 nitrogen and oxygen atoms in total. The number of hydrogen-bond acceptors (Lipinski definition) is 3. The molecule has 6 heteroatoms. The van der Waals surface area contributed by atoms with E-state index in [-0.39, 0.29) is 24.9 Å². The number of halogens is 1. The molecule has 1 aliphatic rings. The zero-order valence-electron chi connectivity index (χ0n) is 12.0. The zero-order chi connectivity index (χ0) is 14.8. The number of benzene rings is 1. The van der Waals surface area contributed by atoms with Gasteiger partial charge >= 0.3 is 0 Å². The van der Waals surface area contributed by atoms with Crippen LogP contribution >= 0.6 is 0 Å². The molecule has 1 fully saturated rings. The molecule has 2 aromatic rings. The minimum atomic E-state index is -0.925. The normalized spacial score (nSPS) is 22.1. The van der Waals surface area contributed by atoms with Crippen LogP contribution in [0.25, 0.3) is 10.9 Å². The summed E-state index contributed by atoms with van der Waals surface area (Å²) in [6, 6.07) is 7.60. The Morgan fingerprint density at radius 2 is 2.33 bits per heavy atom. The second kappa shape index (κ2) is 5.81. The molecule has 2 heterocycles. The van der Waals surface area contributed by atoms with E-state index < -0.39 is 6.17 Å². The van der Waals surface area contributed by atoms with Crippen molar-refractivity contribution in [3.8, 4) is 0 Å². The van der Waals surface area contributed by atoms with Crippen molar-refractivity contribution in [3.05, 3.63) is 30.0 Å². The molecule has 1 aromatic carbocycles. The molecule has 1 aromatic heterocycles. The molecule has 112 valence electrons. The summed E-state index contributed by atoms with van der Waals surface area (Å²) in [7, 11) is 1.82. The average Bonchev–Trinajstić information content (AvgIpc) is 3.04. The molecule has 1 aliphatic heterocycles. The topological polar surface area (TPSA) is 61.0 Å². The van der Waals surface area contributed by atoms with E-state index in [4.69, 9.17) is 0 Å². The Balaban J connectivity index is 1.76. The van der Waals surface area contributed by atoms with Gasteiger partial charge in [-0.2, -0.15) is 5.10 Å². The molecule has 0 unspecified atom stereocenters. The van der Waals surface area contributed by atoms with Crippen LogP contribution in [0.3, 0.4) is 0 Å². The van der Waals surface area contributed by atoms with E-state index in [0.717, 1.165) is 16.6 Å². The van der Waals surface area contributed by atoms with Crippen molar-refractivity contribution in [1.29, 1.82) is 0 Å². The summed E-state index contributed by atoms with van der Waals surface area (Å²) in [4.78, 5) is 14.1. The molecule has 0 radical (unpaired) electrons. The lowest BCUT2D eigenvalue weighted by Gasteiger charge is -2.24. The van der Waals surface area contributed by atoms with Gasteiger partial charge in [0.05, 0.1) is 24.2 Å². The number of hydrogen-bond donors (Lipinski definition) is 2. The van der Waals surface area contributed by atoms with E-state index in [9.17, 15) is 9.18 Å². The Morgan fingerprint density at radius 3 is 3.14 bits per heavy atom. The van der Waals surface area contributed by atoms with Crippen molar-refractivity contribution in [1.82, 2.24) is 20.4 Å². The number of aromatic nitrogens is 2. The maximum absolute atomic E-state index is 13.6. The van der Waals surface area contributed by atoms with Gasteiger partial charge in [0.1, 0.15) is 6.17 Å². The van der Waals surface area contributed by atoms with E-state index in [1.807, 2.05) is 31.3 Å². The summed E-state index contributed by atoms with van der Waals surface area (Å²) in [5, 5.41) is 11.1.